The summed E-state index contributed by atoms with van der Waals surface area (Å²) in [5.41, 5.74) is 6.92. The van der Waals surface area contributed by atoms with E-state index in [0.29, 0.717) is 16.8 Å². The zero-order valence-electron chi connectivity index (χ0n) is 11.1. The molecule has 2 aromatic rings. The zero-order chi connectivity index (χ0) is 15.7. The molecular weight excluding hydrogens is 304 g/mol. The maximum Gasteiger partial charge on any atom is 0.290 e. The molecule has 7 nitrogen and oxygen atoms in total. The van der Waals surface area contributed by atoms with E-state index >= 15 is 0 Å². The number of carbonyl (C=O) groups is 2. The quantitative estimate of drug-likeness (QED) is 0.723. The van der Waals surface area contributed by atoms with E-state index in [1.54, 1.807) is 18.2 Å². The van der Waals surface area contributed by atoms with Gasteiger partial charge >= 0.3 is 0 Å². The largest absolute Gasteiger partial charge is 0.507 e. The summed E-state index contributed by atoms with van der Waals surface area (Å²) in [6.45, 7) is 0. The van der Waals surface area contributed by atoms with Crippen LogP contribution in [0.3, 0.4) is 0 Å². The summed E-state index contributed by atoms with van der Waals surface area (Å²) in [7, 11) is 0. The lowest BCUT2D eigenvalue weighted by molar-refractivity contribution is -0.115. The first kappa shape index (κ1) is 14.1. The van der Waals surface area contributed by atoms with Crippen LogP contribution >= 0.6 is 11.8 Å². The Hall–Kier alpha value is -2.87. The molecule has 1 aliphatic heterocycles. The number of nitrogens with zero attached hydrogens (tertiary/aromatic N) is 2. The van der Waals surface area contributed by atoms with Gasteiger partial charge in [0.2, 0.25) is 5.95 Å². The molecule has 22 heavy (non-hydrogen) atoms. The maximum atomic E-state index is 11.6. The molecule has 1 aromatic heterocycles. The SMILES string of the molecule is Nc1ncc(/C=C2\SC(=O)NC2=O)c(-c2ccccc2O)n1. The standard InChI is InChI=1S/C14H10N4O3S/c15-13-16-6-7(5-10-12(20)18-14(21)22-10)11(17-13)8-3-1-2-4-9(8)19/h1-6,19H,(H2,15,16,17)(H,18,20,21)/b10-5-. The van der Waals surface area contributed by atoms with Gasteiger partial charge in [-0.1, -0.05) is 12.1 Å². The highest BCUT2D eigenvalue weighted by Crippen LogP contribution is 2.33. The molecule has 1 fully saturated rings. The number of phenolic OH excluding ortho intramolecular Hbond substituents is 1. The van der Waals surface area contributed by atoms with Crippen LogP contribution in [-0.4, -0.2) is 26.2 Å². The Morgan fingerprint density at radius 1 is 1.27 bits per heavy atom. The zero-order valence-corrected chi connectivity index (χ0v) is 11.9. The van der Waals surface area contributed by atoms with Gasteiger partial charge in [-0.25, -0.2) is 9.97 Å². The summed E-state index contributed by atoms with van der Waals surface area (Å²) in [6.07, 6.45) is 2.93. The van der Waals surface area contributed by atoms with E-state index in [0.717, 1.165) is 11.8 Å². The Morgan fingerprint density at radius 3 is 2.73 bits per heavy atom. The summed E-state index contributed by atoms with van der Waals surface area (Å²) in [5, 5.41) is 11.7. The number of para-hydroxylation sites is 1. The van der Waals surface area contributed by atoms with Crippen LogP contribution in [0.4, 0.5) is 10.7 Å². The van der Waals surface area contributed by atoms with Crippen molar-refractivity contribution < 1.29 is 14.7 Å². The van der Waals surface area contributed by atoms with Crippen LogP contribution in [0, 0.1) is 0 Å². The lowest BCUT2D eigenvalue weighted by Crippen LogP contribution is -2.17. The van der Waals surface area contributed by atoms with Gasteiger partial charge in [0.25, 0.3) is 11.1 Å². The number of phenols is 1. The van der Waals surface area contributed by atoms with Crippen molar-refractivity contribution in [1.29, 1.82) is 0 Å². The second kappa shape index (κ2) is 5.49. The van der Waals surface area contributed by atoms with Crippen molar-refractivity contribution >= 4 is 34.9 Å². The highest BCUT2D eigenvalue weighted by molar-refractivity contribution is 8.18. The third kappa shape index (κ3) is 2.63. The highest BCUT2D eigenvalue weighted by atomic mass is 32.2. The molecule has 0 aliphatic carbocycles. The number of thioether (sulfide) groups is 1. The number of nitrogens with two attached hydrogens (primary N) is 1. The average molecular weight is 314 g/mol. The number of hydrogen-bond acceptors (Lipinski definition) is 7. The van der Waals surface area contributed by atoms with Crippen LogP contribution in [0.5, 0.6) is 5.75 Å². The van der Waals surface area contributed by atoms with E-state index in [4.69, 9.17) is 5.73 Å². The minimum absolute atomic E-state index is 0.0276. The van der Waals surface area contributed by atoms with E-state index in [2.05, 4.69) is 15.3 Å². The van der Waals surface area contributed by atoms with Crippen molar-refractivity contribution in [3.8, 4) is 17.0 Å². The average Bonchev–Trinajstić information content (AvgIpc) is 2.79. The smallest absolute Gasteiger partial charge is 0.290 e. The summed E-state index contributed by atoms with van der Waals surface area (Å²) in [6, 6.07) is 6.61. The topological polar surface area (TPSA) is 118 Å². The lowest BCUT2D eigenvalue weighted by atomic mass is 10.1. The van der Waals surface area contributed by atoms with E-state index in [1.165, 1.54) is 18.3 Å². The lowest BCUT2D eigenvalue weighted by Gasteiger charge is -2.08. The predicted molar refractivity (Wildman–Crippen MR) is 82.7 cm³/mol. The molecule has 1 aromatic carbocycles. The summed E-state index contributed by atoms with van der Waals surface area (Å²) in [5.74, 6) is -0.407. The number of carbonyl (C=O) groups excluding carboxylic acids is 2. The van der Waals surface area contributed by atoms with Crippen molar-refractivity contribution in [3.63, 3.8) is 0 Å². The van der Waals surface area contributed by atoms with Crippen LogP contribution in [0.15, 0.2) is 35.4 Å². The fraction of sp³-hybridized carbons (Fsp3) is 0. The third-order valence-electron chi connectivity index (χ3n) is 2.92. The molecular formula is C14H10N4O3S. The Kier molecular flexibility index (Phi) is 3.51. The molecule has 0 saturated carbocycles. The number of imide groups is 1. The van der Waals surface area contributed by atoms with E-state index in [9.17, 15) is 14.7 Å². The highest BCUT2D eigenvalue weighted by Gasteiger charge is 2.25. The van der Waals surface area contributed by atoms with Gasteiger partial charge in [0.1, 0.15) is 5.75 Å². The first-order valence-corrected chi connectivity index (χ1v) is 7.02. The third-order valence-corrected chi connectivity index (χ3v) is 3.73. The fourth-order valence-corrected chi connectivity index (χ4v) is 2.64. The molecule has 3 rings (SSSR count). The Bertz CT molecular complexity index is 819. The molecule has 0 unspecified atom stereocenters. The molecule has 110 valence electrons. The van der Waals surface area contributed by atoms with Crippen molar-refractivity contribution in [2.24, 2.45) is 0 Å². The number of aromatic hydroxyl groups is 1. The van der Waals surface area contributed by atoms with Gasteiger partial charge in [-0.15, -0.1) is 0 Å². The predicted octanol–water partition coefficient (Wildman–Crippen LogP) is 1.76. The molecule has 1 saturated heterocycles. The second-order valence-electron chi connectivity index (χ2n) is 4.40. The van der Waals surface area contributed by atoms with Crippen molar-refractivity contribution in [2.75, 3.05) is 5.73 Å². The van der Waals surface area contributed by atoms with Crippen LogP contribution in [0.2, 0.25) is 0 Å². The molecule has 0 bridgehead atoms. The Balaban J connectivity index is 2.14. The summed E-state index contributed by atoms with van der Waals surface area (Å²) >= 11 is 0.793. The molecule has 4 N–H and O–H groups in total. The second-order valence-corrected chi connectivity index (χ2v) is 5.42. The van der Waals surface area contributed by atoms with Gasteiger partial charge in [-0.3, -0.25) is 14.9 Å². The van der Waals surface area contributed by atoms with Crippen LogP contribution in [-0.2, 0) is 4.79 Å². The van der Waals surface area contributed by atoms with Crippen LogP contribution in [0.25, 0.3) is 17.3 Å². The summed E-state index contributed by atoms with van der Waals surface area (Å²) in [4.78, 5) is 31.1. The van der Waals surface area contributed by atoms with Gasteiger partial charge in [-0.2, -0.15) is 0 Å². The molecule has 0 atom stereocenters. The molecule has 2 amide bonds. The molecule has 0 spiro atoms. The minimum Gasteiger partial charge on any atom is -0.507 e. The Morgan fingerprint density at radius 2 is 2.05 bits per heavy atom. The van der Waals surface area contributed by atoms with Crippen molar-refractivity contribution in [1.82, 2.24) is 15.3 Å². The molecule has 1 aliphatic rings. The molecule has 0 radical (unpaired) electrons. The van der Waals surface area contributed by atoms with Gasteiger partial charge in [0.05, 0.1) is 10.6 Å². The van der Waals surface area contributed by atoms with E-state index in [1.807, 2.05) is 0 Å². The number of benzene rings is 1. The van der Waals surface area contributed by atoms with E-state index in [-0.39, 0.29) is 16.6 Å². The number of aromatic nitrogens is 2. The number of rotatable bonds is 2. The first-order chi connectivity index (χ1) is 10.5. The first-order valence-electron chi connectivity index (χ1n) is 6.20. The van der Waals surface area contributed by atoms with Gasteiger partial charge in [-0.05, 0) is 30.0 Å². The number of nitrogen functional groups attached to an aromatic ring is 1. The van der Waals surface area contributed by atoms with Gasteiger partial charge in [0.15, 0.2) is 0 Å². The monoisotopic (exact) mass is 314 g/mol. The maximum absolute atomic E-state index is 11.6. The number of amides is 2. The number of nitrogens with one attached hydrogen (secondary N) is 1. The van der Waals surface area contributed by atoms with Gasteiger partial charge in [0, 0.05) is 17.3 Å². The Labute approximate surface area is 129 Å². The molecule has 8 heteroatoms. The van der Waals surface area contributed by atoms with Crippen LogP contribution < -0.4 is 11.1 Å². The molecule has 2 heterocycles. The van der Waals surface area contributed by atoms with Gasteiger partial charge < -0.3 is 10.8 Å². The van der Waals surface area contributed by atoms with Crippen LogP contribution in [0.1, 0.15) is 5.56 Å². The minimum atomic E-state index is -0.477. The number of hydrogen-bond donors (Lipinski definition) is 3. The van der Waals surface area contributed by atoms with E-state index < -0.39 is 11.1 Å². The van der Waals surface area contributed by atoms with Crippen molar-refractivity contribution in [2.45, 2.75) is 0 Å². The number of anilines is 1. The fourth-order valence-electron chi connectivity index (χ4n) is 1.96. The normalized spacial score (nSPS) is 16.1. The summed E-state index contributed by atoms with van der Waals surface area (Å²) < 4.78 is 0. The van der Waals surface area contributed by atoms with Crippen molar-refractivity contribution in [3.05, 3.63) is 40.9 Å².